The first-order chi connectivity index (χ1) is 16.9. The van der Waals surface area contributed by atoms with E-state index in [0.29, 0.717) is 15.9 Å². The van der Waals surface area contributed by atoms with E-state index in [4.69, 9.17) is 28.6 Å². The number of aromatic nitrogens is 2. The third kappa shape index (κ3) is 4.33. The molecule has 0 unspecified atom stereocenters. The summed E-state index contributed by atoms with van der Waals surface area (Å²) in [4.78, 5) is 6.80. The fourth-order valence-corrected chi connectivity index (χ4v) is 5.69. The molecular formula is C27H24BrClN4OS. The van der Waals surface area contributed by atoms with E-state index < -0.39 is 0 Å². The zero-order valence-corrected chi connectivity index (χ0v) is 22.7. The number of nitrogens with one attached hydrogen (secondary N) is 1. The highest BCUT2D eigenvalue weighted by Gasteiger charge is 2.42. The molecule has 0 amide bonds. The van der Waals surface area contributed by atoms with Crippen molar-refractivity contribution in [3.05, 3.63) is 105 Å². The topological polar surface area (TPSA) is 42.3 Å². The molecule has 178 valence electrons. The molecule has 1 aliphatic rings. The van der Waals surface area contributed by atoms with Gasteiger partial charge in [-0.3, -0.25) is 4.98 Å². The van der Waals surface area contributed by atoms with Crippen LogP contribution in [0.15, 0.2) is 77.4 Å². The SMILES string of the molecule is COc1ccc(N2C(=S)N[C@@H](c3ccccn3)[C@H]2c2cc(C)n(-c3ccc(Br)cc3)c2C)cc1Cl. The molecule has 2 atom stereocenters. The van der Waals surface area contributed by atoms with E-state index in [2.05, 4.69) is 79.9 Å². The van der Waals surface area contributed by atoms with Crippen LogP contribution in [0, 0.1) is 13.8 Å². The maximum atomic E-state index is 6.52. The van der Waals surface area contributed by atoms with Crippen molar-refractivity contribution in [1.29, 1.82) is 0 Å². The quantitative estimate of drug-likeness (QED) is 0.261. The van der Waals surface area contributed by atoms with Crippen molar-refractivity contribution in [2.75, 3.05) is 12.0 Å². The van der Waals surface area contributed by atoms with E-state index >= 15 is 0 Å². The second-order valence-corrected chi connectivity index (χ2v) is 10.2. The summed E-state index contributed by atoms with van der Waals surface area (Å²) in [5.41, 5.74) is 6.38. The fraction of sp³-hybridized carbons (Fsp3) is 0.185. The molecule has 8 heteroatoms. The predicted octanol–water partition coefficient (Wildman–Crippen LogP) is 7.09. The minimum absolute atomic E-state index is 0.128. The average molecular weight is 568 g/mol. The van der Waals surface area contributed by atoms with Crippen LogP contribution in [0.2, 0.25) is 5.02 Å². The van der Waals surface area contributed by atoms with Gasteiger partial charge in [0.2, 0.25) is 0 Å². The molecule has 35 heavy (non-hydrogen) atoms. The Morgan fingerprint density at radius 1 is 1.03 bits per heavy atom. The summed E-state index contributed by atoms with van der Waals surface area (Å²) < 4.78 is 8.70. The van der Waals surface area contributed by atoms with Gasteiger partial charge in [0, 0.05) is 33.4 Å². The highest BCUT2D eigenvalue weighted by atomic mass is 79.9. The molecule has 2 aromatic carbocycles. The molecule has 5 nitrogen and oxygen atoms in total. The number of thiocarbonyl (C=S) groups is 1. The van der Waals surface area contributed by atoms with Crippen LogP contribution in [-0.4, -0.2) is 21.8 Å². The van der Waals surface area contributed by atoms with Crippen LogP contribution in [0.5, 0.6) is 5.75 Å². The predicted molar refractivity (Wildman–Crippen MR) is 149 cm³/mol. The van der Waals surface area contributed by atoms with Gasteiger partial charge in [0.15, 0.2) is 5.11 Å². The van der Waals surface area contributed by atoms with Gasteiger partial charge in [0.25, 0.3) is 0 Å². The number of halogens is 2. The maximum absolute atomic E-state index is 6.52. The molecule has 0 radical (unpaired) electrons. The van der Waals surface area contributed by atoms with E-state index in [1.165, 1.54) is 5.56 Å². The van der Waals surface area contributed by atoms with Crippen molar-refractivity contribution >= 4 is 50.5 Å². The molecule has 2 aromatic heterocycles. The number of pyridine rings is 1. The Kier molecular flexibility index (Phi) is 6.57. The van der Waals surface area contributed by atoms with E-state index in [1.54, 1.807) is 7.11 Å². The maximum Gasteiger partial charge on any atom is 0.174 e. The van der Waals surface area contributed by atoms with Crippen molar-refractivity contribution in [3.8, 4) is 11.4 Å². The lowest BCUT2D eigenvalue weighted by Crippen LogP contribution is -2.29. The Bertz CT molecular complexity index is 1390. The van der Waals surface area contributed by atoms with Crippen LogP contribution in [0.4, 0.5) is 5.69 Å². The molecule has 4 aromatic rings. The van der Waals surface area contributed by atoms with Gasteiger partial charge in [-0.05, 0) is 92.3 Å². The molecule has 0 bridgehead atoms. The number of methoxy groups -OCH3 is 1. The van der Waals surface area contributed by atoms with Gasteiger partial charge in [0.1, 0.15) is 5.75 Å². The summed E-state index contributed by atoms with van der Waals surface area (Å²) in [5.74, 6) is 0.625. The molecule has 3 heterocycles. The number of ether oxygens (including phenoxy) is 1. The first kappa shape index (κ1) is 23.9. The lowest BCUT2D eigenvalue weighted by atomic mass is 9.96. The van der Waals surface area contributed by atoms with Gasteiger partial charge in [-0.1, -0.05) is 33.6 Å². The Balaban J connectivity index is 1.67. The van der Waals surface area contributed by atoms with Crippen LogP contribution in [0.3, 0.4) is 0 Å². The summed E-state index contributed by atoms with van der Waals surface area (Å²) >= 11 is 15.9. The lowest BCUT2D eigenvalue weighted by molar-refractivity contribution is 0.415. The molecule has 1 N–H and O–H groups in total. The van der Waals surface area contributed by atoms with E-state index in [9.17, 15) is 0 Å². The number of benzene rings is 2. The van der Waals surface area contributed by atoms with Gasteiger partial charge < -0.3 is 19.5 Å². The number of rotatable bonds is 5. The number of nitrogens with zero attached hydrogens (tertiary/aromatic N) is 3. The van der Waals surface area contributed by atoms with E-state index in [-0.39, 0.29) is 12.1 Å². The highest BCUT2D eigenvalue weighted by molar-refractivity contribution is 9.10. The Morgan fingerprint density at radius 3 is 2.43 bits per heavy atom. The minimum Gasteiger partial charge on any atom is -0.495 e. The fourth-order valence-electron chi connectivity index (χ4n) is 4.83. The molecule has 1 fully saturated rings. The van der Waals surface area contributed by atoms with E-state index in [0.717, 1.165) is 32.9 Å². The third-order valence-corrected chi connectivity index (χ3v) is 7.52. The average Bonchev–Trinajstić information content (AvgIpc) is 3.35. The number of hydrogen-bond donors (Lipinski definition) is 1. The summed E-state index contributed by atoms with van der Waals surface area (Å²) in [6.45, 7) is 4.28. The largest absolute Gasteiger partial charge is 0.495 e. The van der Waals surface area contributed by atoms with Crippen LogP contribution in [-0.2, 0) is 0 Å². The van der Waals surface area contributed by atoms with E-state index in [1.807, 2.05) is 42.6 Å². The number of aryl methyl sites for hydroxylation is 1. The van der Waals surface area contributed by atoms with Gasteiger partial charge in [0.05, 0.1) is 29.9 Å². The van der Waals surface area contributed by atoms with Crippen LogP contribution in [0.1, 0.15) is 34.7 Å². The Morgan fingerprint density at radius 2 is 1.77 bits per heavy atom. The van der Waals surface area contributed by atoms with Gasteiger partial charge >= 0.3 is 0 Å². The van der Waals surface area contributed by atoms with Crippen molar-refractivity contribution in [2.45, 2.75) is 25.9 Å². The molecular weight excluding hydrogens is 544 g/mol. The first-order valence-corrected chi connectivity index (χ1v) is 12.8. The highest BCUT2D eigenvalue weighted by Crippen LogP contribution is 2.45. The van der Waals surface area contributed by atoms with Gasteiger partial charge in [-0.2, -0.15) is 0 Å². The molecule has 0 aliphatic carbocycles. The van der Waals surface area contributed by atoms with Crippen LogP contribution in [0.25, 0.3) is 5.69 Å². The van der Waals surface area contributed by atoms with Crippen molar-refractivity contribution in [2.24, 2.45) is 0 Å². The second kappa shape index (κ2) is 9.64. The second-order valence-electron chi connectivity index (χ2n) is 8.45. The minimum atomic E-state index is -0.136. The first-order valence-electron chi connectivity index (χ1n) is 11.2. The molecule has 1 aliphatic heterocycles. The van der Waals surface area contributed by atoms with Crippen molar-refractivity contribution < 1.29 is 4.74 Å². The number of hydrogen-bond acceptors (Lipinski definition) is 3. The smallest absolute Gasteiger partial charge is 0.174 e. The monoisotopic (exact) mass is 566 g/mol. The zero-order chi connectivity index (χ0) is 24.7. The molecule has 1 saturated heterocycles. The molecule has 0 spiro atoms. The third-order valence-electron chi connectivity index (χ3n) is 6.39. The summed E-state index contributed by atoms with van der Waals surface area (Å²) in [6.07, 6.45) is 1.81. The molecule has 5 rings (SSSR count). The summed E-state index contributed by atoms with van der Waals surface area (Å²) in [6, 6.07) is 22.0. The Hall–Kier alpha value is -2.87. The van der Waals surface area contributed by atoms with Crippen LogP contribution >= 0.6 is 39.7 Å². The van der Waals surface area contributed by atoms with Gasteiger partial charge in [-0.25, -0.2) is 0 Å². The zero-order valence-electron chi connectivity index (χ0n) is 19.5. The summed E-state index contributed by atoms with van der Waals surface area (Å²) in [7, 11) is 1.61. The standard InChI is InChI=1S/C27H24BrClN4OS/c1-16-14-21(17(2)32(16)19-9-7-18(28)8-10-19)26-25(23-6-4-5-13-30-23)31-27(35)33(26)20-11-12-24(34-3)22(29)15-20/h4-15,25-26H,1-3H3,(H,31,35)/t25-,26+/m0/s1. The van der Waals surface area contributed by atoms with Crippen LogP contribution < -0.4 is 15.0 Å². The lowest BCUT2D eigenvalue weighted by Gasteiger charge is -2.28. The Labute approximate surface area is 223 Å². The summed E-state index contributed by atoms with van der Waals surface area (Å²) in [5, 5.41) is 4.68. The normalized spacial score (nSPS) is 17.5. The van der Waals surface area contributed by atoms with Gasteiger partial charge in [-0.15, -0.1) is 0 Å². The van der Waals surface area contributed by atoms with Crippen molar-refractivity contribution in [1.82, 2.24) is 14.9 Å². The number of anilines is 1. The van der Waals surface area contributed by atoms with Crippen molar-refractivity contribution in [3.63, 3.8) is 0 Å². The molecule has 0 saturated carbocycles.